The summed E-state index contributed by atoms with van der Waals surface area (Å²) >= 11 is 0. The Kier molecular flexibility index (Phi) is 7.71. The first kappa shape index (κ1) is 27.6. The fraction of sp³-hybridized carbons (Fsp3) is 0.581. The maximum absolute atomic E-state index is 14.6. The zero-order valence-electron chi connectivity index (χ0n) is 23.2. The molecule has 1 unspecified atom stereocenters. The van der Waals surface area contributed by atoms with Gasteiger partial charge in [0, 0.05) is 25.4 Å². The number of benzene rings is 1. The molecule has 39 heavy (non-hydrogen) atoms. The van der Waals surface area contributed by atoms with Crippen LogP contribution >= 0.6 is 0 Å². The number of hydrogen-bond donors (Lipinski definition) is 1. The Morgan fingerprint density at radius 3 is 2.49 bits per heavy atom. The van der Waals surface area contributed by atoms with Crippen LogP contribution in [0.5, 0.6) is 0 Å². The minimum Gasteiger partial charge on any atom is -0.465 e. The van der Waals surface area contributed by atoms with Crippen molar-refractivity contribution >= 4 is 23.5 Å². The van der Waals surface area contributed by atoms with Crippen LogP contribution in [0, 0.1) is 25.7 Å². The van der Waals surface area contributed by atoms with E-state index in [1.807, 2.05) is 63.3 Å². The Labute approximate surface area is 230 Å². The van der Waals surface area contributed by atoms with E-state index in [9.17, 15) is 19.5 Å². The average Bonchev–Trinajstić information content (AvgIpc) is 3.29. The van der Waals surface area contributed by atoms with E-state index in [1.54, 1.807) is 9.80 Å². The van der Waals surface area contributed by atoms with E-state index in [0.29, 0.717) is 38.8 Å². The Balaban J connectivity index is 1.64. The maximum Gasteiger partial charge on any atom is 0.313 e. The summed E-state index contributed by atoms with van der Waals surface area (Å²) in [5, 5.41) is 9.28. The van der Waals surface area contributed by atoms with Crippen LogP contribution < -0.4 is 4.90 Å². The molecule has 2 fully saturated rings. The van der Waals surface area contributed by atoms with Gasteiger partial charge in [0.1, 0.15) is 23.2 Å². The molecule has 1 aromatic carbocycles. The third kappa shape index (κ3) is 4.42. The Morgan fingerprint density at radius 1 is 1.00 bits per heavy atom. The Bertz CT molecular complexity index is 1170. The summed E-state index contributed by atoms with van der Waals surface area (Å²) in [7, 11) is 0. The molecule has 0 aromatic heterocycles. The van der Waals surface area contributed by atoms with Gasteiger partial charge < -0.3 is 24.4 Å². The molecule has 8 heteroatoms. The maximum atomic E-state index is 14.6. The highest BCUT2D eigenvalue weighted by molar-refractivity contribution is 6.06. The van der Waals surface area contributed by atoms with E-state index in [-0.39, 0.29) is 25.0 Å². The third-order valence-electron chi connectivity index (χ3n) is 8.90. The molecule has 8 nitrogen and oxygen atoms in total. The Hall–Kier alpha value is -2.97. The second kappa shape index (κ2) is 10.9. The molecule has 0 radical (unpaired) electrons. The summed E-state index contributed by atoms with van der Waals surface area (Å²) < 4.78 is 12.7. The number of hydrogen-bond acceptors (Lipinski definition) is 6. The number of allylic oxidation sites excluding steroid dienone is 1. The van der Waals surface area contributed by atoms with Gasteiger partial charge >= 0.3 is 5.97 Å². The first-order valence-electron chi connectivity index (χ1n) is 14.3. The minimum absolute atomic E-state index is 0.0777. The van der Waals surface area contributed by atoms with E-state index in [2.05, 4.69) is 0 Å². The fourth-order valence-corrected chi connectivity index (χ4v) is 7.12. The topological polar surface area (TPSA) is 96.4 Å². The predicted octanol–water partition coefficient (Wildman–Crippen LogP) is 3.62. The second-order valence-electron chi connectivity index (χ2n) is 11.2. The molecule has 210 valence electrons. The van der Waals surface area contributed by atoms with Crippen molar-refractivity contribution in [3.05, 3.63) is 53.6 Å². The number of fused-ring (bicyclic) bond motifs is 2. The zero-order chi connectivity index (χ0) is 27.8. The van der Waals surface area contributed by atoms with Crippen molar-refractivity contribution in [1.29, 1.82) is 0 Å². The van der Waals surface area contributed by atoms with Crippen molar-refractivity contribution in [2.24, 2.45) is 11.8 Å². The first-order chi connectivity index (χ1) is 18.8. The number of carbonyl (C=O) groups is 3. The first-order valence-corrected chi connectivity index (χ1v) is 14.3. The molecule has 5 atom stereocenters. The van der Waals surface area contributed by atoms with Gasteiger partial charge in [-0.15, -0.1) is 0 Å². The van der Waals surface area contributed by atoms with Crippen LogP contribution in [-0.4, -0.2) is 71.3 Å². The molecule has 1 N–H and O–H groups in total. The van der Waals surface area contributed by atoms with Crippen LogP contribution in [-0.2, 0) is 23.9 Å². The molecule has 0 aliphatic carbocycles. The number of carbonyl (C=O) groups excluding carboxylic acids is 3. The van der Waals surface area contributed by atoms with Crippen molar-refractivity contribution in [2.75, 3.05) is 31.2 Å². The number of ether oxygens (including phenoxy) is 2. The highest BCUT2D eigenvalue weighted by Crippen LogP contribution is 2.58. The number of cyclic esters (lactones) is 1. The van der Waals surface area contributed by atoms with Gasteiger partial charge in [-0.1, -0.05) is 49.4 Å². The van der Waals surface area contributed by atoms with Crippen LogP contribution in [0.4, 0.5) is 5.69 Å². The van der Waals surface area contributed by atoms with Crippen molar-refractivity contribution < 1.29 is 29.0 Å². The Morgan fingerprint density at radius 2 is 1.77 bits per heavy atom. The molecule has 1 spiro atoms. The summed E-state index contributed by atoms with van der Waals surface area (Å²) in [4.78, 5) is 46.0. The minimum atomic E-state index is -1.29. The van der Waals surface area contributed by atoms with Crippen LogP contribution in [0.3, 0.4) is 0 Å². The highest BCUT2D eigenvalue weighted by Gasteiger charge is 2.75. The van der Waals surface area contributed by atoms with Crippen LogP contribution in [0.15, 0.2) is 42.5 Å². The number of nitrogens with zero attached hydrogens (tertiary/aromatic N) is 2. The largest absolute Gasteiger partial charge is 0.465 e. The normalized spacial score (nSPS) is 33.0. The lowest BCUT2D eigenvalue weighted by Gasteiger charge is -2.38. The van der Waals surface area contributed by atoms with Gasteiger partial charge in [-0.25, -0.2) is 0 Å². The second-order valence-corrected chi connectivity index (χ2v) is 11.2. The summed E-state index contributed by atoms with van der Waals surface area (Å²) in [5.74, 6) is -2.59. The number of para-hydroxylation sites is 1. The lowest BCUT2D eigenvalue weighted by atomic mass is 9.73. The molecule has 1 aromatic rings. The number of rotatable bonds is 7. The van der Waals surface area contributed by atoms with Crippen molar-refractivity contribution in [3.8, 4) is 0 Å². The molecule has 0 bridgehead atoms. The quantitative estimate of drug-likeness (QED) is 0.325. The van der Waals surface area contributed by atoms with Gasteiger partial charge in [-0.05, 0) is 63.5 Å². The third-order valence-corrected chi connectivity index (χ3v) is 8.90. The SMILES string of the molecule is CC[C@]12/C=C\CCCOC(=O)[C@H]1[C@H]1C(=O)N(CCCCCO)C3C(=O)N(c4c(C)cccc4C)CC=C[C@@]31O2. The van der Waals surface area contributed by atoms with E-state index in [4.69, 9.17) is 9.47 Å². The molecule has 0 saturated carbocycles. The van der Waals surface area contributed by atoms with E-state index < -0.39 is 35.0 Å². The number of aryl methyl sites for hydroxylation is 2. The monoisotopic (exact) mass is 536 g/mol. The molecular formula is C31H40N2O6. The van der Waals surface area contributed by atoms with Crippen molar-refractivity contribution in [2.45, 2.75) is 76.5 Å². The summed E-state index contributed by atoms with van der Waals surface area (Å²) in [6, 6.07) is 5.03. The summed E-state index contributed by atoms with van der Waals surface area (Å²) in [6.07, 6.45) is 11.7. The smallest absolute Gasteiger partial charge is 0.313 e. The number of likely N-dealkylation sites (tertiary alicyclic amines) is 1. The summed E-state index contributed by atoms with van der Waals surface area (Å²) in [6.45, 7) is 6.98. The van der Waals surface area contributed by atoms with Crippen LogP contribution in [0.1, 0.15) is 56.6 Å². The molecule has 2 amide bonds. The number of esters is 1. The molecule has 4 aliphatic rings. The average molecular weight is 537 g/mol. The van der Waals surface area contributed by atoms with E-state index >= 15 is 0 Å². The lowest BCUT2D eigenvalue weighted by molar-refractivity contribution is -0.159. The number of aliphatic hydroxyl groups excluding tert-OH is 1. The molecule has 4 heterocycles. The summed E-state index contributed by atoms with van der Waals surface area (Å²) in [5.41, 5.74) is 0.459. The van der Waals surface area contributed by atoms with Crippen LogP contribution in [0.2, 0.25) is 0 Å². The molecule has 2 saturated heterocycles. The highest BCUT2D eigenvalue weighted by atomic mass is 16.6. The zero-order valence-corrected chi connectivity index (χ0v) is 23.2. The van der Waals surface area contributed by atoms with E-state index in [1.165, 1.54) is 0 Å². The predicted molar refractivity (Wildman–Crippen MR) is 147 cm³/mol. The van der Waals surface area contributed by atoms with Gasteiger partial charge in [-0.3, -0.25) is 14.4 Å². The molecule has 5 rings (SSSR count). The van der Waals surface area contributed by atoms with Crippen LogP contribution in [0.25, 0.3) is 0 Å². The van der Waals surface area contributed by atoms with E-state index in [0.717, 1.165) is 29.7 Å². The van der Waals surface area contributed by atoms with Gasteiger partial charge in [0.25, 0.3) is 5.91 Å². The number of unbranched alkanes of at least 4 members (excludes halogenated alkanes) is 2. The van der Waals surface area contributed by atoms with Gasteiger partial charge in [-0.2, -0.15) is 0 Å². The van der Waals surface area contributed by atoms with Gasteiger partial charge in [0.05, 0.1) is 12.5 Å². The fourth-order valence-electron chi connectivity index (χ4n) is 7.12. The van der Waals surface area contributed by atoms with Gasteiger partial charge in [0.15, 0.2) is 0 Å². The lowest BCUT2D eigenvalue weighted by Crippen LogP contribution is -2.56. The van der Waals surface area contributed by atoms with Crippen molar-refractivity contribution in [3.63, 3.8) is 0 Å². The molecule has 4 aliphatic heterocycles. The molecular weight excluding hydrogens is 496 g/mol. The number of anilines is 1. The number of aliphatic hydroxyl groups is 1. The standard InChI is InChI=1S/C31H40N2O6/c1-4-30-15-7-5-10-20-38-29(37)24(30)23-27(35)33(17-8-6-9-19-34)26-28(36)32(18-12-16-31(23,26)39-30)25-21(2)13-11-14-22(25)3/h7,11-16,23-24,26,34H,4-6,8-10,17-20H2,1-3H3/b15-7-/t23-,24+,26?,30-,31-/m0/s1. The number of amides is 2. The van der Waals surface area contributed by atoms with Gasteiger partial charge in [0.2, 0.25) is 5.91 Å². The van der Waals surface area contributed by atoms with Crippen molar-refractivity contribution in [1.82, 2.24) is 4.90 Å².